The fraction of sp³-hybridized carbons (Fsp3) is 0.450. The van der Waals surface area contributed by atoms with Crippen LogP contribution in [0.15, 0.2) is 42.7 Å². The molecule has 138 valence electrons. The summed E-state index contributed by atoms with van der Waals surface area (Å²) in [5.41, 5.74) is 1.87. The zero-order chi connectivity index (χ0) is 18.4. The van der Waals surface area contributed by atoms with Crippen LogP contribution >= 0.6 is 0 Å². The smallest absolute Gasteiger partial charge is 0.316 e. The van der Waals surface area contributed by atoms with Crippen molar-refractivity contribution in [1.29, 1.82) is 0 Å². The van der Waals surface area contributed by atoms with E-state index >= 15 is 0 Å². The standard InChI is InChI=1S/C20H26N4O2/c1-3-23(4-2)17-10-8-16(9-11-17)19(25)24-14-5-7-18(15-24)26-20-21-12-6-13-22-20/h6,8-13,18H,3-5,7,14-15H2,1-2H3. The molecule has 6 heteroatoms. The molecule has 0 N–H and O–H groups in total. The number of piperidine rings is 1. The van der Waals surface area contributed by atoms with Crippen molar-refractivity contribution in [2.24, 2.45) is 0 Å². The Morgan fingerprint density at radius 1 is 1.19 bits per heavy atom. The van der Waals surface area contributed by atoms with Crippen molar-refractivity contribution in [1.82, 2.24) is 14.9 Å². The minimum absolute atomic E-state index is 0.0541. The van der Waals surface area contributed by atoms with Gasteiger partial charge in [0.2, 0.25) is 0 Å². The number of aromatic nitrogens is 2. The van der Waals surface area contributed by atoms with Gasteiger partial charge in [0.1, 0.15) is 6.10 Å². The summed E-state index contributed by atoms with van der Waals surface area (Å²) in [4.78, 5) is 25.2. The van der Waals surface area contributed by atoms with Crippen LogP contribution in [-0.4, -0.2) is 53.1 Å². The lowest BCUT2D eigenvalue weighted by Gasteiger charge is -2.32. The van der Waals surface area contributed by atoms with E-state index < -0.39 is 0 Å². The summed E-state index contributed by atoms with van der Waals surface area (Å²) in [6.07, 6.45) is 5.07. The average Bonchev–Trinajstić information content (AvgIpc) is 2.70. The summed E-state index contributed by atoms with van der Waals surface area (Å²) in [5.74, 6) is 0.0541. The number of ether oxygens (including phenoxy) is 1. The lowest BCUT2D eigenvalue weighted by Crippen LogP contribution is -2.44. The van der Waals surface area contributed by atoms with E-state index in [9.17, 15) is 4.79 Å². The van der Waals surface area contributed by atoms with Crippen LogP contribution in [0.3, 0.4) is 0 Å². The molecule has 26 heavy (non-hydrogen) atoms. The summed E-state index contributed by atoms with van der Waals surface area (Å²) in [6, 6.07) is 10.0. The van der Waals surface area contributed by atoms with E-state index in [1.807, 2.05) is 29.2 Å². The van der Waals surface area contributed by atoms with Gasteiger partial charge < -0.3 is 14.5 Å². The second-order valence-electron chi connectivity index (χ2n) is 6.38. The molecule has 6 nitrogen and oxygen atoms in total. The Bertz CT molecular complexity index is 702. The van der Waals surface area contributed by atoms with Crippen LogP contribution in [0.2, 0.25) is 0 Å². The van der Waals surface area contributed by atoms with Gasteiger partial charge in [-0.25, -0.2) is 9.97 Å². The zero-order valence-corrected chi connectivity index (χ0v) is 15.5. The second-order valence-corrected chi connectivity index (χ2v) is 6.38. The monoisotopic (exact) mass is 354 g/mol. The van der Waals surface area contributed by atoms with E-state index in [1.165, 1.54) is 0 Å². The molecule has 1 aromatic heterocycles. The van der Waals surface area contributed by atoms with Gasteiger partial charge in [0.15, 0.2) is 0 Å². The highest BCUT2D eigenvalue weighted by molar-refractivity contribution is 5.94. The highest BCUT2D eigenvalue weighted by Crippen LogP contribution is 2.20. The normalized spacial score (nSPS) is 17.0. The van der Waals surface area contributed by atoms with Crippen LogP contribution in [0.5, 0.6) is 6.01 Å². The first kappa shape index (κ1) is 18.2. The van der Waals surface area contributed by atoms with E-state index in [-0.39, 0.29) is 12.0 Å². The molecule has 1 amide bonds. The Balaban J connectivity index is 1.63. The number of benzene rings is 1. The predicted octanol–water partition coefficient (Wildman–Crippen LogP) is 3.01. The minimum atomic E-state index is -0.0648. The van der Waals surface area contributed by atoms with Crippen LogP contribution in [0, 0.1) is 0 Å². The third-order valence-corrected chi connectivity index (χ3v) is 4.72. The third kappa shape index (κ3) is 4.31. The molecule has 1 atom stereocenters. The summed E-state index contributed by atoms with van der Waals surface area (Å²) < 4.78 is 5.83. The maximum atomic E-state index is 12.8. The number of amides is 1. The van der Waals surface area contributed by atoms with E-state index in [0.29, 0.717) is 12.6 Å². The first-order chi connectivity index (χ1) is 12.7. The number of carbonyl (C=O) groups is 1. The topological polar surface area (TPSA) is 58.6 Å². The van der Waals surface area contributed by atoms with Crippen molar-refractivity contribution >= 4 is 11.6 Å². The molecule has 0 radical (unpaired) electrons. The number of likely N-dealkylation sites (tertiary alicyclic amines) is 1. The van der Waals surface area contributed by atoms with Crippen LogP contribution in [0.25, 0.3) is 0 Å². The maximum Gasteiger partial charge on any atom is 0.316 e. The Kier molecular flexibility index (Phi) is 6.04. The zero-order valence-electron chi connectivity index (χ0n) is 15.5. The molecule has 1 fully saturated rings. The number of nitrogens with zero attached hydrogens (tertiary/aromatic N) is 4. The maximum absolute atomic E-state index is 12.8. The number of hydrogen-bond acceptors (Lipinski definition) is 5. The first-order valence-electron chi connectivity index (χ1n) is 9.29. The van der Waals surface area contributed by atoms with Crippen molar-refractivity contribution in [2.45, 2.75) is 32.8 Å². The number of anilines is 1. The van der Waals surface area contributed by atoms with E-state index in [2.05, 4.69) is 28.7 Å². The molecule has 3 rings (SSSR count). The Hall–Kier alpha value is -2.63. The molecular weight excluding hydrogens is 328 g/mol. The quantitative estimate of drug-likeness (QED) is 0.798. The number of hydrogen-bond donors (Lipinski definition) is 0. The molecule has 0 spiro atoms. The Labute approximate surface area is 154 Å². The molecule has 0 bridgehead atoms. The molecule has 2 heterocycles. The van der Waals surface area contributed by atoms with Crippen molar-refractivity contribution in [3.63, 3.8) is 0 Å². The van der Waals surface area contributed by atoms with Gasteiger partial charge in [0.05, 0.1) is 6.54 Å². The summed E-state index contributed by atoms with van der Waals surface area (Å²) >= 11 is 0. The number of carbonyl (C=O) groups excluding carboxylic acids is 1. The van der Waals surface area contributed by atoms with Crippen LogP contribution in [0.4, 0.5) is 5.69 Å². The van der Waals surface area contributed by atoms with E-state index in [4.69, 9.17) is 4.74 Å². The molecular formula is C20H26N4O2. The predicted molar refractivity (Wildman–Crippen MR) is 102 cm³/mol. The Morgan fingerprint density at radius 3 is 2.54 bits per heavy atom. The first-order valence-corrected chi connectivity index (χ1v) is 9.29. The molecule has 1 saturated heterocycles. The molecule has 2 aromatic rings. The lowest BCUT2D eigenvalue weighted by molar-refractivity contribution is 0.0516. The Morgan fingerprint density at radius 2 is 1.88 bits per heavy atom. The molecule has 1 aromatic carbocycles. The van der Waals surface area contributed by atoms with Gasteiger partial charge >= 0.3 is 6.01 Å². The molecule has 1 unspecified atom stereocenters. The van der Waals surface area contributed by atoms with Gasteiger partial charge in [-0.2, -0.15) is 0 Å². The van der Waals surface area contributed by atoms with E-state index in [0.717, 1.165) is 43.7 Å². The average molecular weight is 354 g/mol. The van der Waals surface area contributed by atoms with Gasteiger partial charge in [-0.3, -0.25) is 4.79 Å². The third-order valence-electron chi connectivity index (χ3n) is 4.72. The van der Waals surface area contributed by atoms with Crippen molar-refractivity contribution in [3.8, 4) is 6.01 Å². The highest BCUT2D eigenvalue weighted by atomic mass is 16.5. The fourth-order valence-electron chi connectivity index (χ4n) is 3.30. The summed E-state index contributed by atoms with van der Waals surface area (Å²) in [7, 11) is 0. The second kappa shape index (κ2) is 8.65. The van der Waals surface area contributed by atoms with Crippen LogP contribution < -0.4 is 9.64 Å². The SMILES string of the molecule is CCN(CC)c1ccc(C(=O)N2CCCC(Oc3ncccn3)C2)cc1. The van der Waals surface area contributed by atoms with Crippen molar-refractivity contribution < 1.29 is 9.53 Å². The molecule has 0 aliphatic carbocycles. The van der Waals surface area contributed by atoms with Crippen LogP contribution in [0.1, 0.15) is 37.0 Å². The van der Waals surface area contributed by atoms with Gasteiger partial charge in [-0.15, -0.1) is 0 Å². The largest absolute Gasteiger partial charge is 0.458 e. The van der Waals surface area contributed by atoms with E-state index in [1.54, 1.807) is 18.5 Å². The molecule has 0 saturated carbocycles. The van der Waals surface area contributed by atoms with Crippen molar-refractivity contribution in [3.05, 3.63) is 48.3 Å². The summed E-state index contributed by atoms with van der Waals surface area (Å²) in [6.45, 7) is 7.49. The van der Waals surface area contributed by atoms with Gasteiger partial charge in [-0.1, -0.05) is 0 Å². The van der Waals surface area contributed by atoms with Gasteiger partial charge in [-0.05, 0) is 57.0 Å². The molecule has 1 aliphatic heterocycles. The highest BCUT2D eigenvalue weighted by Gasteiger charge is 2.26. The van der Waals surface area contributed by atoms with Gasteiger partial charge in [0.25, 0.3) is 5.91 Å². The fourth-order valence-corrected chi connectivity index (χ4v) is 3.30. The van der Waals surface area contributed by atoms with Crippen LogP contribution in [-0.2, 0) is 0 Å². The lowest BCUT2D eigenvalue weighted by atomic mass is 10.1. The number of rotatable bonds is 6. The van der Waals surface area contributed by atoms with Gasteiger partial charge in [0, 0.05) is 43.3 Å². The minimum Gasteiger partial charge on any atom is -0.458 e. The molecule has 1 aliphatic rings. The van der Waals surface area contributed by atoms with Crippen molar-refractivity contribution in [2.75, 3.05) is 31.1 Å². The summed E-state index contributed by atoms with van der Waals surface area (Å²) in [5, 5.41) is 0.